The summed E-state index contributed by atoms with van der Waals surface area (Å²) in [6.45, 7) is 0. The minimum absolute atomic E-state index is 0.00360. The number of rotatable bonds is 5. The Morgan fingerprint density at radius 2 is 1.95 bits per heavy atom. The molecule has 0 saturated heterocycles. The molecule has 22 heavy (non-hydrogen) atoms. The molecular formula is C14H12BrNO5S. The van der Waals surface area contributed by atoms with Gasteiger partial charge < -0.3 is 9.84 Å². The summed E-state index contributed by atoms with van der Waals surface area (Å²) in [5, 5.41) is 8.92. The molecule has 0 aromatic heterocycles. The van der Waals surface area contributed by atoms with Gasteiger partial charge in [0, 0.05) is 5.69 Å². The molecule has 2 N–H and O–H groups in total. The first-order valence-corrected chi connectivity index (χ1v) is 8.31. The Morgan fingerprint density at radius 1 is 1.23 bits per heavy atom. The van der Waals surface area contributed by atoms with E-state index in [2.05, 4.69) is 20.7 Å². The highest BCUT2D eigenvalue weighted by molar-refractivity contribution is 9.10. The molecule has 0 aliphatic heterocycles. The number of carboxylic acids is 1. The molecule has 2 aromatic carbocycles. The Hall–Kier alpha value is -2.06. The van der Waals surface area contributed by atoms with E-state index >= 15 is 0 Å². The number of hydrogen-bond donors (Lipinski definition) is 2. The summed E-state index contributed by atoms with van der Waals surface area (Å²) in [6, 6.07) is 9.89. The maximum atomic E-state index is 12.3. The number of methoxy groups -OCH3 is 1. The van der Waals surface area contributed by atoms with Gasteiger partial charge in [-0.2, -0.15) is 0 Å². The molecule has 0 fully saturated rings. The Morgan fingerprint density at radius 3 is 2.55 bits per heavy atom. The van der Waals surface area contributed by atoms with Crippen LogP contribution in [0.5, 0.6) is 5.75 Å². The average Bonchev–Trinajstić information content (AvgIpc) is 2.47. The number of benzene rings is 2. The molecule has 2 rings (SSSR count). The maximum Gasteiger partial charge on any atom is 0.335 e. The van der Waals surface area contributed by atoms with Gasteiger partial charge in [-0.1, -0.05) is 6.07 Å². The highest BCUT2D eigenvalue weighted by atomic mass is 79.9. The zero-order valence-corrected chi connectivity index (χ0v) is 13.8. The Bertz CT molecular complexity index is 820. The van der Waals surface area contributed by atoms with Crippen LogP contribution in [-0.4, -0.2) is 26.6 Å². The number of aromatic carboxylic acids is 1. The van der Waals surface area contributed by atoms with Gasteiger partial charge in [-0.3, -0.25) is 4.72 Å². The van der Waals surface area contributed by atoms with E-state index in [0.717, 1.165) is 0 Å². The topological polar surface area (TPSA) is 92.7 Å². The van der Waals surface area contributed by atoms with Crippen LogP contribution in [0.15, 0.2) is 51.8 Å². The lowest BCUT2D eigenvalue weighted by Gasteiger charge is -2.10. The van der Waals surface area contributed by atoms with Crippen LogP contribution in [0.25, 0.3) is 0 Å². The predicted molar refractivity (Wildman–Crippen MR) is 84.9 cm³/mol. The number of carbonyl (C=O) groups is 1. The van der Waals surface area contributed by atoms with Crippen LogP contribution in [-0.2, 0) is 10.0 Å². The van der Waals surface area contributed by atoms with Gasteiger partial charge in [-0.15, -0.1) is 0 Å². The van der Waals surface area contributed by atoms with Crippen LogP contribution in [0, 0.1) is 0 Å². The Balaban J connectivity index is 2.33. The standard InChI is InChI=1S/C14H12BrNO5S/c1-21-13-6-5-11(8-12(13)15)22(19,20)16-10-4-2-3-9(7-10)14(17)18/h2-8,16H,1H3,(H,17,18). The second-order valence-electron chi connectivity index (χ2n) is 4.29. The van der Waals surface area contributed by atoms with Crippen molar-refractivity contribution in [2.45, 2.75) is 4.90 Å². The van der Waals surface area contributed by atoms with Crippen molar-refractivity contribution in [2.24, 2.45) is 0 Å². The van der Waals surface area contributed by atoms with Gasteiger partial charge in [0.25, 0.3) is 10.0 Å². The van der Waals surface area contributed by atoms with E-state index in [0.29, 0.717) is 10.2 Å². The quantitative estimate of drug-likeness (QED) is 0.824. The fraction of sp³-hybridized carbons (Fsp3) is 0.0714. The van der Waals surface area contributed by atoms with Gasteiger partial charge in [-0.25, -0.2) is 13.2 Å². The van der Waals surface area contributed by atoms with Crippen molar-refractivity contribution < 1.29 is 23.1 Å². The van der Waals surface area contributed by atoms with Gasteiger partial charge in [0.1, 0.15) is 5.75 Å². The first kappa shape index (κ1) is 16.3. The zero-order chi connectivity index (χ0) is 16.3. The Kier molecular flexibility index (Phi) is 4.72. The van der Waals surface area contributed by atoms with E-state index in [1.807, 2.05) is 0 Å². The zero-order valence-electron chi connectivity index (χ0n) is 11.4. The van der Waals surface area contributed by atoms with Crippen molar-refractivity contribution in [1.82, 2.24) is 0 Å². The number of anilines is 1. The fourth-order valence-corrected chi connectivity index (χ4v) is 3.51. The summed E-state index contributed by atoms with van der Waals surface area (Å²) in [5.41, 5.74) is 0.169. The number of hydrogen-bond acceptors (Lipinski definition) is 4. The third-order valence-corrected chi connectivity index (χ3v) is 4.79. The summed E-state index contributed by atoms with van der Waals surface area (Å²) >= 11 is 3.22. The highest BCUT2D eigenvalue weighted by Gasteiger charge is 2.16. The van der Waals surface area contributed by atoms with E-state index in [-0.39, 0.29) is 16.1 Å². The molecule has 0 amide bonds. The molecule has 0 atom stereocenters. The fourth-order valence-electron chi connectivity index (χ4n) is 1.74. The summed E-state index contributed by atoms with van der Waals surface area (Å²) in [6.07, 6.45) is 0. The summed E-state index contributed by atoms with van der Waals surface area (Å²) in [7, 11) is -2.36. The van der Waals surface area contributed by atoms with Gasteiger partial charge in [0.2, 0.25) is 0 Å². The smallest absolute Gasteiger partial charge is 0.335 e. The van der Waals surface area contributed by atoms with E-state index < -0.39 is 16.0 Å². The number of nitrogens with one attached hydrogen (secondary N) is 1. The molecule has 8 heteroatoms. The second-order valence-corrected chi connectivity index (χ2v) is 6.82. The summed E-state index contributed by atoms with van der Waals surface area (Å²) in [5.74, 6) is -0.625. The lowest BCUT2D eigenvalue weighted by atomic mass is 10.2. The first-order valence-electron chi connectivity index (χ1n) is 6.03. The Labute approximate surface area is 135 Å². The molecule has 0 unspecified atom stereocenters. The summed E-state index contributed by atoms with van der Waals surface area (Å²) in [4.78, 5) is 10.9. The van der Waals surface area contributed by atoms with Crippen molar-refractivity contribution in [3.8, 4) is 5.75 Å². The van der Waals surface area contributed by atoms with Crippen molar-refractivity contribution in [2.75, 3.05) is 11.8 Å². The lowest BCUT2D eigenvalue weighted by Crippen LogP contribution is -2.13. The van der Waals surface area contributed by atoms with Gasteiger partial charge in [-0.05, 0) is 52.3 Å². The molecule has 2 aromatic rings. The highest BCUT2D eigenvalue weighted by Crippen LogP contribution is 2.28. The van der Waals surface area contributed by atoms with Crippen LogP contribution < -0.4 is 9.46 Å². The van der Waals surface area contributed by atoms with E-state index in [4.69, 9.17) is 9.84 Å². The minimum Gasteiger partial charge on any atom is -0.496 e. The van der Waals surface area contributed by atoms with Crippen LogP contribution >= 0.6 is 15.9 Å². The first-order chi connectivity index (χ1) is 10.3. The van der Waals surface area contributed by atoms with Crippen molar-refractivity contribution in [1.29, 1.82) is 0 Å². The molecule has 6 nitrogen and oxygen atoms in total. The van der Waals surface area contributed by atoms with Crippen LogP contribution in [0.1, 0.15) is 10.4 Å². The van der Waals surface area contributed by atoms with Crippen molar-refractivity contribution >= 4 is 37.6 Å². The normalized spacial score (nSPS) is 11.0. The number of carboxylic acid groups (broad SMARTS) is 1. The van der Waals surface area contributed by atoms with E-state index in [1.54, 1.807) is 0 Å². The van der Waals surface area contributed by atoms with Crippen LogP contribution in [0.4, 0.5) is 5.69 Å². The van der Waals surface area contributed by atoms with Crippen LogP contribution in [0.3, 0.4) is 0 Å². The predicted octanol–water partition coefficient (Wildman–Crippen LogP) is 2.96. The molecule has 0 bridgehead atoms. The minimum atomic E-state index is -3.83. The largest absolute Gasteiger partial charge is 0.496 e. The molecule has 0 aliphatic carbocycles. The summed E-state index contributed by atoms with van der Waals surface area (Å²) < 4.78 is 32.5. The molecule has 0 spiro atoms. The molecule has 0 saturated carbocycles. The third-order valence-electron chi connectivity index (χ3n) is 2.80. The average molecular weight is 386 g/mol. The molecular weight excluding hydrogens is 374 g/mol. The van der Waals surface area contributed by atoms with Crippen molar-refractivity contribution in [3.63, 3.8) is 0 Å². The molecule has 0 heterocycles. The maximum absolute atomic E-state index is 12.3. The SMILES string of the molecule is COc1ccc(S(=O)(=O)Nc2cccc(C(=O)O)c2)cc1Br. The molecule has 116 valence electrons. The molecule has 0 aliphatic rings. The van der Waals surface area contributed by atoms with E-state index in [9.17, 15) is 13.2 Å². The van der Waals surface area contributed by atoms with Crippen molar-refractivity contribution in [3.05, 3.63) is 52.5 Å². The van der Waals surface area contributed by atoms with Gasteiger partial charge in [0.05, 0.1) is 22.0 Å². The van der Waals surface area contributed by atoms with Gasteiger partial charge in [0.15, 0.2) is 0 Å². The number of sulfonamides is 1. The van der Waals surface area contributed by atoms with Gasteiger partial charge >= 0.3 is 5.97 Å². The third kappa shape index (κ3) is 3.58. The monoisotopic (exact) mass is 385 g/mol. The molecule has 0 radical (unpaired) electrons. The second kappa shape index (κ2) is 6.37. The van der Waals surface area contributed by atoms with Crippen LogP contribution in [0.2, 0.25) is 0 Å². The number of halogens is 1. The van der Waals surface area contributed by atoms with E-state index in [1.165, 1.54) is 49.6 Å². The number of ether oxygens (including phenoxy) is 1. The lowest BCUT2D eigenvalue weighted by molar-refractivity contribution is 0.0697.